The minimum atomic E-state index is -0.642. The van der Waals surface area contributed by atoms with Gasteiger partial charge in [0, 0.05) is 5.69 Å². The highest BCUT2D eigenvalue weighted by Gasteiger charge is 2.47. The van der Waals surface area contributed by atoms with E-state index in [1.165, 1.54) is 0 Å². The summed E-state index contributed by atoms with van der Waals surface area (Å²) in [6.45, 7) is 4.10. The fourth-order valence-corrected chi connectivity index (χ4v) is 3.25. The number of amides is 1. The van der Waals surface area contributed by atoms with Crippen molar-refractivity contribution >= 4 is 17.0 Å². The Kier molecular flexibility index (Phi) is 3.33. The van der Waals surface area contributed by atoms with Crippen molar-refractivity contribution in [3.05, 3.63) is 23.0 Å². The summed E-state index contributed by atoms with van der Waals surface area (Å²) in [5.41, 5.74) is 2.10. The monoisotopic (exact) mass is 319 g/mol. The molecule has 8 heteroatoms. The standard InChI is InChI=1S/C15H17N3O5/c1-6-3-8(11-7(2)18-23-15(11)16-6)14(20)17-9-4-21-13-10(19)5-22-12(9)13/h3,9-10,12-13,19H,4-5H2,1-2H3,(H,17,20)/t9-,10-,12+,13+/m0/s1. The summed E-state index contributed by atoms with van der Waals surface area (Å²) >= 11 is 0. The zero-order valence-electron chi connectivity index (χ0n) is 12.8. The van der Waals surface area contributed by atoms with Crippen molar-refractivity contribution in [1.29, 1.82) is 0 Å². The van der Waals surface area contributed by atoms with Crippen LogP contribution < -0.4 is 5.32 Å². The first-order chi connectivity index (χ1) is 11.0. The lowest BCUT2D eigenvalue weighted by Crippen LogP contribution is -2.44. The Balaban J connectivity index is 1.62. The lowest BCUT2D eigenvalue weighted by Gasteiger charge is -2.17. The average molecular weight is 319 g/mol. The Morgan fingerprint density at radius 2 is 2.09 bits per heavy atom. The van der Waals surface area contributed by atoms with E-state index >= 15 is 0 Å². The lowest BCUT2D eigenvalue weighted by atomic mass is 10.1. The van der Waals surface area contributed by atoms with Gasteiger partial charge in [0.05, 0.1) is 35.9 Å². The van der Waals surface area contributed by atoms with Gasteiger partial charge in [-0.1, -0.05) is 5.16 Å². The number of aliphatic hydroxyl groups is 1. The Hall–Kier alpha value is -2.03. The molecule has 2 N–H and O–H groups in total. The second-order valence-electron chi connectivity index (χ2n) is 6.00. The quantitative estimate of drug-likeness (QED) is 0.808. The molecule has 0 bridgehead atoms. The van der Waals surface area contributed by atoms with Crippen molar-refractivity contribution in [2.75, 3.05) is 13.2 Å². The van der Waals surface area contributed by atoms with E-state index in [0.717, 1.165) is 0 Å². The molecule has 122 valence electrons. The molecule has 4 heterocycles. The van der Waals surface area contributed by atoms with Gasteiger partial charge in [0.25, 0.3) is 11.6 Å². The maximum absolute atomic E-state index is 12.7. The summed E-state index contributed by atoms with van der Waals surface area (Å²) in [6.07, 6.45) is -1.34. The predicted molar refractivity (Wildman–Crippen MR) is 78.0 cm³/mol. The van der Waals surface area contributed by atoms with Crippen molar-refractivity contribution in [3.63, 3.8) is 0 Å². The highest BCUT2D eigenvalue weighted by molar-refractivity contribution is 6.06. The molecule has 2 aromatic heterocycles. The Labute approximate surface area is 131 Å². The summed E-state index contributed by atoms with van der Waals surface area (Å²) in [5, 5.41) is 17.2. The second-order valence-corrected chi connectivity index (χ2v) is 6.00. The van der Waals surface area contributed by atoms with Crippen LogP contribution in [0, 0.1) is 13.8 Å². The Morgan fingerprint density at radius 3 is 2.91 bits per heavy atom. The van der Waals surface area contributed by atoms with Crippen LogP contribution in [0.2, 0.25) is 0 Å². The molecular formula is C15H17N3O5. The number of fused-ring (bicyclic) bond motifs is 2. The molecule has 8 nitrogen and oxygen atoms in total. The van der Waals surface area contributed by atoms with Gasteiger partial charge in [0.1, 0.15) is 18.3 Å². The van der Waals surface area contributed by atoms with Crippen molar-refractivity contribution < 1.29 is 23.9 Å². The van der Waals surface area contributed by atoms with E-state index in [-0.39, 0.29) is 30.8 Å². The van der Waals surface area contributed by atoms with Crippen LogP contribution in [0.15, 0.2) is 10.6 Å². The number of hydrogen-bond donors (Lipinski definition) is 2. The van der Waals surface area contributed by atoms with Crippen LogP contribution in [-0.2, 0) is 9.47 Å². The normalized spacial score (nSPS) is 29.9. The van der Waals surface area contributed by atoms with Gasteiger partial charge in [0.15, 0.2) is 0 Å². The van der Waals surface area contributed by atoms with Gasteiger partial charge in [-0.15, -0.1) is 0 Å². The molecule has 0 aromatic carbocycles. The molecule has 1 amide bonds. The third-order valence-electron chi connectivity index (χ3n) is 4.33. The first-order valence-corrected chi connectivity index (χ1v) is 7.50. The molecule has 2 fully saturated rings. The molecule has 0 radical (unpaired) electrons. The molecule has 2 aliphatic rings. The van der Waals surface area contributed by atoms with Crippen LogP contribution in [0.3, 0.4) is 0 Å². The van der Waals surface area contributed by atoms with Gasteiger partial charge in [-0.25, -0.2) is 4.98 Å². The topological polar surface area (TPSA) is 107 Å². The molecule has 2 aliphatic heterocycles. The van der Waals surface area contributed by atoms with Gasteiger partial charge in [0.2, 0.25) is 0 Å². The Bertz CT molecular complexity index is 774. The third kappa shape index (κ3) is 2.30. The summed E-state index contributed by atoms with van der Waals surface area (Å²) in [7, 11) is 0. The zero-order valence-corrected chi connectivity index (χ0v) is 12.8. The van der Waals surface area contributed by atoms with E-state index in [1.54, 1.807) is 19.9 Å². The zero-order chi connectivity index (χ0) is 16.1. The number of aromatic nitrogens is 2. The number of carbonyl (C=O) groups is 1. The van der Waals surface area contributed by atoms with E-state index in [0.29, 0.717) is 34.7 Å². The van der Waals surface area contributed by atoms with Gasteiger partial charge >= 0.3 is 0 Å². The van der Waals surface area contributed by atoms with E-state index in [1.807, 2.05) is 0 Å². The van der Waals surface area contributed by atoms with Crippen LogP contribution in [0.1, 0.15) is 21.7 Å². The second kappa shape index (κ2) is 5.26. The van der Waals surface area contributed by atoms with Crippen LogP contribution in [0.25, 0.3) is 11.1 Å². The first kappa shape index (κ1) is 14.6. The van der Waals surface area contributed by atoms with Crippen molar-refractivity contribution in [2.24, 2.45) is 0 Å². The molecule has 4 atom stereocenters. The third-order valence-corrected chi connectivity index (χ3v) is 4.33. The number of pyridine rings is 1. The number of aryl methyl sites for hydroxylation is 2. The van der Waals surface area contributed by atoms with E-state index in [2.05, 4.69) is 15.5 Å². The smallest absolute Gasteiger partial charge is 0.258 e. The molecule has 0 saturated carbocycles. The molecule has 2 saturated heterocycles. The van der Waals surface area contributed by atoms with Crippen molar-refractivity contribution in [3.8, 4) is 0 Å². The number of nitrogens with one attached hydrogen (secondary N) is 1. The van der Waals surface area contributed by atoms with Gasteiger partial charge in [-0.3, -0.25) is 4.79 Å². The molecule has 23 heavy (non-hydrogen) atoms. The summed E-state index contributed by atoms with van der Waals surface area (Å²) < 4.78 is 16.2. The van der Waals surface area contributed by atoms with Gasteiger partial charge < -0.3 is 24.4 Å². The summed E-state index contributed by atoms with van der Waals surface area (Å²) in [4.78, 5) is 16.9. The first-order valence-electron chi connectivity index (χ1n) is 7.50. The lowest BCUT2D eigenvalue weighted by molar-refractivity contribution is 0.0178. The summed E-state index contributed by atoms with van der Waals surface area (Å²) in [6, 6.07) is 1.41. The predicted octanol–water partition coefficient (Wildman–Crippen LogP) is 0.0965. The van der Waals surface area contributed by atoms with Crippen LogP contribution >= 0.6 is 0 Å². The van der Waals surface area contributed by atoms with Crippen LogP contribution in [-0.4, -0.2) is 58.7 Å². The highest BCUT2D eigenvalue weighted by Crippen LogP contribution is 2.28. The molecule has 4 rings (SSSR count). The van der Waals surface area contributed by atoms with Gasteiger partial charge in [-0.2, -0.15) is 0 Å². The van der Waals surface area contributed by atoms with E-state index < -0.39 is 6.10 Å². The molecule has 0 spiro atoms. The minimum Gasteiger partial charge on any atom is -0.388 e. The minimum absolute atomic E-state index is 0.227. The van der Waals surface area contributed by atoms with Gasteiger partial charge in [-0.05, 0) is 19.9 Å². The van der Waals surface area contributed by atoms with Crippen molar-refractivity contribution in [2.45, 2.75) is 38.2 Å². The van der Waals surface area contributed by atoms with E-state index in [4.69, 9.17) is 14.0 Å². The number of aliphatic hydroxyl groups excluding tert-OH is 1. The van der Waals surface area contributed by atoms with E-state index in [9.17, 15) is 9.90 Å². The van der Waals surface area contributed by atoms with Crippen LogP contribution in [0.5, 0.6) is 0 Å². The molecule has 0 aliphatic carbocycles. The molecule has 2 aromatic rings. The van der Waals surface area contributed by atoms with Crippen LogP contribution in [0.4, 0.5) is 0 Å². The fourth-order valence-electron chi connectivity index (χ4n) is 3.25. The molecular weight excluding hydrogens is 302 g/mol. The fraction of sp³-hybridized carbons (Fsp3) is 0.533. The van der Waals surface area contributed by atoms with Crippen molar-refractivity contribution in [1.82, 2.24) is 15.5 Å². The number of hydrogen-bond acceptors (Lipinski definition) is 7. The number of rotatable bonds is 2. The highest BCUT2D eigenvalue weighted by atomic mass is 16.6. The molecule has 0 unspecified atom stereocenters. The largest absolute Gasteiger partial charge is 0.388 e. The Morgan fingerprint density at radius 1 is 1.30 bits per heavy atom. The number of nitrogens with zero attached hydrogens (tertiary/aromatic N) is 2. The average Bonchev–Trinajstić information content (AvgIpc) is 3.18. The SMILES string of the molecule is Cc1cc(C(=O)N[C@H]2CO[C@H]3[C@@H]2OC[C@@H]3O)c2c(C)noc2n1. The number of ether oxygens (including phenoxy) is 2. The summed E-state index contributed by atoms with van der Waals surface area (Å²) in [5.74, 6) is -0.258. The number of carbonyl (C=O) groups excluding carboxylic acids is 1. The maximum Gasteiger partial charge on any atom is 0.258 e. The maximum atomic E-state index is 12.7.